The summed E-state index contributed by atoms with van der Waals surface area (Å²) in [5.74, 6) is 0. The number of hydrogen-bond donors (Lipinski definition) is 1. The van der Waals surface area contributed by atoms with Crippen LogP contribution in [0.2, 0.25) is 0 Å². The molecule has 0 bridgehead atoms. The minimum atomic E-state index is -4.15. The Bertz CT molecular complexity index is 427. The van der Waals surface area contributed by atoms with E-state index in [9.17, 15) is 13.2 Å². The molecule has 1 N–H and O–H groups in total. The summed E-state index contributed by atoms with van der Waals surface area (Å²) in [5.41, 5.74) is -0.817. The molecule has 1 aromatic rings. The van der Waals surface area contributed by atoms with E-state index < -0.39 is 11.7 Å². The van der Waals surface area contributed by atoms with Crippen LogP contribution in [0.4, 0.5) is 13.2 Å². The van der Waals surface area contributed by atoms with E-state index in [0.29, 0.717) is 0 Å². The van der Waals surface area contributed by atoms with Crippen molar-refractivity contribution in [2.24, 2.45) is 0 Å². The third-order valence-electron chi connectivity index (χ3n) is 2.91. The van der Waals surface area contributed by atoms with Gasteiger partial charge in [0.25, 0.3) is 0 Å². The topological polar surface area (TPSA) is 12.0 Å². The molecule has 0 radical (unpaired) electrons. The molecule has 17 heavy (non-hydrogen) atoms. The van der Waals surface area contributed by atoms with Crippen LogP contribution < -0.4 is 5.32 Å². The Morgan fingerprint density at radius 3 is 2.29 bits per heavy atom. The van der Waals surface area contributed by atoms with Crippen molar-refractivity contribution in [3.05, 3.63) is 32.7 Å². The van der Waals surface area contributed by atoms with Crippen LogP contribution in [0.3, 0.4) is 0 Å². The Kier molecular flexibility index (Phi) is 3.58. The minimum absolute atomic E-state index is 0.175. The minimum Gasteiger partial charge on any atom is -0.299 e. The highest BCUT2D eigenvalue weighted by Crippen LogP contribution is 2.49. The normalized spacial score (nSPS) is 18.2. The second-order valence-electron chi connectivity index (χ2n) is 4.18. The smallest absolute Gasteiger partial charge is 0.299 e. The van der Waals surface area contributed by atoms with E-state index in [-0.39, 0.29) is 19.4 Å². The highest BCUT2D eigenvalue weighted by atomic mass is 79.9. The molecule has 0 aromatic heterocycles. The number of hydrogen-bond acceptors (Lipinski definition) is 1. The fourth-order valence-electron chi connectivity index (χ4n) is 1.61. The molecule has 2 rings (SSSR count). The van der Waals surface area contributed by atoms with Gasteiger partial charge in [0.15, 0.2) is 0 Å². The van der Waals surface area contributed by atoms with Gasteiger partial charge in [0.2, 0.25) is 0 Å². The third kappa shape index (κ3) is 2.85. The Labute approximate surface area is 114 Å². The summed E-state index contributed by atoms with van der Waals surface area (Å²) >= 11 is 6.64. The molecule has 1 nitrogen and oxygen atoms in total. The van der Waals surface area contributed by atoms with Crippen LogP contribution in [0.5, 0.6) is 0 Å². The van der Waals surface area contributed by atoms with Gasteiger partial charge in [-0.1, -0.05) is 6.07 Å². The molecule has 0 atom stereocenters. The molecule has 1 aromatic carbocycles. The van der Waals surface area contributed by atoms with Gasteiger partial charge in [0, 0.05) is 15.5 Å². The van der Waals surface area contributed by atoms with E-state index in [1.54, 1.807) is 6.07 Å². The van der Waals surface area contributed by atoms with Crippen LogP contribution in [0.1, 0.15) is 18.4 Å². The highest BCUT2D eigenvalue weighted by Gasteiger charge is 2.62. The van der Waals surface area contributed by atoms with Gasteiger partial charge in [-0.05, 0) is 62.4 Å². The SMILES string of the molecule is FC(F)(F)C1(NCc2ccc(Br)c(Br)c2)CC1. The maximum Gasteiger partial charge on any atom is 0.406 e. The molecule has 0 aliphatic heterocycles. The Morgan fingerprint density at radius 1 is 1.18 bits per heavy atom. The first-order chi connectivity index (χ1) is 7.84. The van der Waals surface area contributed by atoms with Crippen molar-refractivity contribution in [3.8, 4) is 0 Å². The summed E-state index contributed by atoms with van der Waals surface area (Å²) in [5, 5.41) is 2.61. The molecule has 1 aliphatic rings. The molecule has 1 aliphatic carbocycles. The number of alkyl halides is 3. The lowest BCUT2D eigenvalue weighted by Gasteiger charge is -2.20. The second kappa shape index (κ2) is 4.55. The lowest BCUT2D eigenvalue weighted by molar-refractivity contribution is -0.166. The summed E-state index contributed by atoms with van der Waals surface area (Å²) in [7, 11) is 0. The van der Waals surface area contributed by atoms with Gasteiger partial charge in [0.05, 0.1) is 0 Å². The van der Waals surface area contributed by atoms with E-state index in [0.717, 1.165) is 14.5 Å². The van der Waals surface area contributed by atoms with E-state index in [1.165, 1.54) is 0 Å². The maximum atomic E-state index is 12.7. The second-order valence-corrected chi connectivity index (χ2v) is 5.89. The zero-order valence-corrected chi connectivity index (χ0v) is 11.9. The van der Waals surface area contributed by atoms with Crippen molar-refractivity contribution in [1.29, 1.82) is 0 Å². The van der Waals surface area contributed by atoms with Gasteiger partial charge in [-0.15, -0.1) is 0 Å². The summed E-state index contributed by atoms with van der Waals surface area (Å²) in [6.45, 7) is 0.228. The molecule has 1 fully saturated rings. The predicted molar refractivity (Wildman–Crippen MR) is 66.7 cm³/mol. The van der Waals surface area contributed by atoms with E-state index >= 15 is 0 Å². The molecule has 0 spiro atoms. The average Bonchev–Trinajstić information content (AvgIpc) is 3.00. The molecule has 0 amide bonds. The fraction of sp³-hybridized carbons (Fsp3) is 0.455. The molecule has 1 saturated carbocycles. The van der Waals surface area contributed by atoms with Crippen molar-refractivity contribution in [2.75, 3.05) is 0 Å². The highest BCUT2D eigenvalue weighted by molar-refractivity contribution is 9.13. The average molecular weight is 373 g/mol. The maximum absolute atomic E-state index is 12.7. The summed E-state index contributed by atoms with van der Waals surface area (Å²) in [6.07, 6.45) is -3.80. The quantitative estimate of drug-likeness (QED) is 0.829. The molecule has 0 saturated heterocycles. The zero-order valence-electron chi connectivity index (χ0n) is 8.74. The molecular formula is C11H10Br2F3N. The fourth-order valence-corrected chi connectivity index (χ4v) is 2.28. The van der Waals surface area contributed by atoms with Gasteiger partial charge in [-0.2, -0.15) is 13.2 Å². The standard InChI is InChI=1S/C11H10Br2F3N/c12-8-2-1-7(5-9(8)13)6-17-10(3-4-10)11(14,15)16/h1-2,5,17H,3-4,6H2. The van der Waals surface area contributed by atoms with E-state index in [2.05, 4.69) is 37.2 Å². The van der Waals surface area contributed by atoms with Gasteiger partial charge < -0.3 is 0 Å². The van der Waals surface area contributed by atoms with Gasteiger partial charge in [-0.3, -0.25) is 5.32 Å². The third-order valence-corrected chi connectivity index (χ3v) is 4.79. The Balaban J connectivity index is 2.01. The van der Waals surface area contributed by atoms with Crippen molar-refractivity contribution in [2.45, 2.75) is 31.1 Å². The van der Waals surface area contributed by atoms with Crippen molar-refractivity contribution < 1.29 is 13.2 Å². The van der Waals surface area contributed by atoms with Crippen LogP contribution in [-0.4, -0.2) is 11.7 Å². The van der Waals surface area contributed by atoms with Gasteiger partial charge in [0.1, 0.15) is 5.54 Å². The molecular weight excluding hydrogens is 363 g/mol. The lowest BCUT2D eigenvalue weighted by Crippen LogP contribution is -2.44. The number of benzene rings is 1. The molecule has 0 unspecified atom stereocenters. The van der Waals surface area contributed by atoms with Crippen LogP contribution in [0.25, 0.3) is 0 Å². The zero-order chi connectivity index (χ0) is 12.7. The van der Waals surface area contributed by atoms with Crippen molar-refractivity contribution in [1.82, 2.24) is 5.32 Å². The van der Waals surface area contributed by atoms with E-state index in [1.807, 2.05) is 12.1 Å². The lowest BCUT2D eigenvalue weighted by atomic mass is 10.2. The molecule has 0 heterocycles. The van der Waals surface area contributed by atoms with Crippen molar-refractivity contribution in [3.63, 3.8) is 0 Å². The van der Waals surface area contributed by atoms with Gasteiger partial charge >= 0.3 is 6.18 Å². The Morgan fingerprint density at radius 2 is 1.82 bits per heavy atom. The summed E-state index contributed by atoms with van der Waals surface area (Å²) in [4.78, 5) is 0. The largest absolute Gasteiger partial charge is 0.406 e. The van der Waals surface area contributed by atoms with Gasteiger partial charge in [-0.25, -0.2) is 0 Å². The number of rotatable bonds is 3. The number of nitrogens with one attached hydrogen (secondary N) is 1. The summed E-state index contributed by atoms with van der Waals surface area (Å²) in [6, 6.07) is 5.42. The molecule has 94 valence electrons. The van der Waals surface area contributed by atoms with Crippen LogP contribution in [0, 0.1) is 0 Å². The Hall–Kier alpha value is -0.0700. The predicted octanol–water partition coefficient (Wildman–Crippen LogP) is 4.40. The first-order valence-corrected chi connectivity index (χ1v) is 6.68. The van der Waals surface area contributed by atoms with E-state index in [4.69, 9.17) is 0 Å². The number of halogens is 5. The van der Waals surface area contributed by atoms with Crippen LogP contribution >= 0.6 is 31.9 Å². The van der Waals surface area contributed by atoms with Crippen molar-refractivity contribution >= 4 is 31.9 Å². The van der Waals surface area contributed by atoms with Crippen LogP contribution in [-0.2, 0) is 6.54 Å². The first kappa shape index (κ1) is 13.4. The molecule has 6 heteroatoms. The summed E-state index contributed by atoms with van der Waals surface area (Å²) < 4.78 is 39.7. The van der Waals surface area contributed by atoms with Crippen LogP contribution in [0.15, 0.2) is 27.1 Å². The first-order valence-electron chi connectivity index (χ1n) is 5.10. The monoisotopic (exact) mass is 371 g/mol.